The molecule has 7 rings (SSSR count). The number of hydrogen-bond acceptors (Lipinski definition) is 7. The molecule has 14 atom stereocenters. The van der Waals surface area contributed by atoms with Crippen LogP contribution >= 0.6 is 0 Å². The summed E-state index contributed by atoms with van der Waals surface area (Å²) in [6, 6.07) is 0. The van der Waals surface area contributed by atoms with E-state index in [9.17, 15) is 20.1 Å². The maximum absolute atomic E-state index is 12.6. The number of fused-ring (bicyclic) bond motifs is 3. The number of ether oxygens (including phenoxy) is 3. The average molecular weight is 587 g/mol. The normalized spacial score (nSPS) is 56.9. The zero-order valence-electron chi connectivity index (χ0n) is 26.8. The predicted octanol–water partition coefficient (Wildman–Crippen LogP) is 5.15. The molecule has 3 N–H and O–H groups in total. The van der Waals surface area contributed by atoms with Crippen LogP contribution in [0.3, 0.4) is 0 Å². The van der Waals surface area contributed by atoms with Crippen molar-refractivity contribution in [2.24, 2.45) is 50.7 Å². The van der Waals surface area contributed by atoms with Crippen molar-refractivity contribution in [3.63, 3.8) is 0 Å². The third-order valence-corrected chi connectivity index (χ3v) is 15.0. The Kier molecular flexibility index (Phi) is 6.40. The van der Waals surface area contributed by atoms with Gasteiger partial charge in [-0.2, -0.15) is 0 Å². The summed E-state index contributed by atoms with van der Waals surface area (Å²) in [5.41, 5.74) is 0.390. The summed E-state index contributed by atoms with van der Waals surface area (Å²) in [6.07, 6.45) is 9.03. The van der Waals surface area contributed by atoms with Crippen molar-refractivity contribution in [1.82, 2.24) is 0 Å². The molecule has 2 heterocycles. The van der Waals surface area contributed by atoms with Crippen LogP contribution in [-0.4, -0.2) is 64.2 Å². The van der Waals surface area contributed by atoms with Crippen LogP contribution in [0.15, 0.2) is 11.6 Å². The fourth-order valence-electron chi connectivity index (χ4n) is 13.0. The summed E-state index contributed by atoms with van der Waals surface area (Å²) >= 11 is 0. The maximum atomic E-state index is 12.6. The van der Waals surface area contributed by atoms with Gasteiger partial charge in [0.25, 0.3) is 0 Å². The number of hydrogen-bond donors (Lipinski definition) is 3. The van der Waals surface area contributed by atoms with Gasteiger partial charge in [0.2, 0.25) is 0 Å². The number of carbonyl (C=O) groups excluding carboxylic acids is 1. The molecule has 0 radical (unpaired) electrons. The van der Waals surface area contributed by atoms with E-state index in [1.807, 2.05) is 20.8 Å². The highest BCUT2D eigenvalue weighted by Gasteiger charge is 2.86. The second kappa shape index (κ2) is 9.05. The molecule has 7 heteroatoms. The molecule has 7 nitrogen and oxygen atoms in total. The smallest absolute Gasteiger partial charge is 0.330 e. The molecular formula is C35H54O7. The molecule has 5 saturated carbocycles. The van der Waals surface area contributed by atoms with E-state index < -0.39 is 18.0 Å². The summed E-state index contributed by atoms with van der Waals surface area (Å²) in [5.74, 6) is 0.934. The molecule has 7 fully saturated rings. The molecule has 0 aromatic carbocycles. The highest BCUT2D eigenvalue weighted by molar-refractivity contribution is 5.82. The van der Waals surface area contributed by atoms with Crippen molar-refractivity contribution in [2.75, 3.05) is 6.61 Å². The third-order valence-electron chi connectivity index (χ3n) is 15.0. The Morgan fingerprint density at radius 1 is 0.976 bits per heavy atom. The van der Waals surface area contributed by atoms with Gasteiger partial charge in [-0.1, -0.05) is 33.3 Å². The molecule has 7 aliphatic rings. The minimum Gasteiger partial charge on any atom is -0.459 e. The van der Waals surface area contributed by atoms with E-state index in [-0.39, 0.29) is 69.8 Å². The number of esters is 1. The Bertz CT molecular complexity index is 1180. The van der Waals surface area contributed by atoms with Crippen LogP contribution in [0.25, 0.3) is 0 Å². The Morgan fingerprint density at radius 2 is 1.71 bits per heavy atom. The first kappa shape index (κ1) is 29.7. The number of aliphatic hydroxyl groups excluding tert-OH is 3. The SMILES string of the molecule is CC(C)=CC(=O)O[C@H]1CC[C@]2(C)[C@H]3CC[C@]45C[C@@]4(CC[C@H]5[C@@H]4C[C@H]([C@@H]5OC5(C)CO)OC4O)[C@]3(C)[C@H](O)C[C@H]2C1(C)C. The topological polar surface area (TPSA) is 109 Å². The zero-order valence-corrected chi connectivity index (χ0v) is 26.8. The van der Waals surface area contributed by atoms with Crippen molar-refractivity contribution in [3.05, 3.63) is 11.6 Å². The Balaban J connectivity index is 1.13. The van der Waals surface area contributed by atoms with Crippen LogP contribution < -0.4 is 0 Å². The quantitative estimate of drug-likeness (QED) is 0.232. The van der Waals surface area contributed by atoms with Crippen LogP contribution in [0.2, 0.25) is 0 Å². The predicted molar refractivity (Wildman–Crippen MR) is 157 cm³/mol. The standard InChI is InChI=1S/C35H54O7/c1-19(2)14-27(38)41-26-10-11-31(5)23-9-12-34-17-35(34,33(23,7)25(37)16-24(31)30(26,3)4)13-8-21(34)20-15-22(40-29(20)39)28-32(6,18-36)42-28/h14,20-26,28-29,36-37,39H,8-13,15-18H2,1-7H3/t20-,21-,22+,23+,24-,25+,26-,28-,29?,31+,32?,33-,34+,35-/m0/s1. The second-order valence-corrected chi connectivity index (χ2v) is 17.2. The number of carbonyl (C=O) groups is 1. The minimum absolute atomic E-state index is 0.0262. The van der Waals surface area contributed by atoms with Gasteiger partial charge < -0.3 is 29.5 Å². The molecule has 42 heavy (non-hydrogen) atoms. The van der Waals surface area contributed by atoms with E-state index in [4.69, 9.17) is 14.2 Å². The van der Waals surface area contributed by atoms with Gasteiger partial charge >= 0.3 is 5.97 Å². The first-order chi connectivity index (χ1) is 19.6. The molecule has 2 saturated heterocycles. The van der Waals surface area contributed by atoms with Gasteiger partial charge in [0.15, 0.2) is 6.29 Å². The summed E-state index contributed by atoms with van der Waals surface area (Å²) < 4.78 is 18.0. The first-order valence-electron chi connectivity index (χ1n) is 16.8. The first-order valence-corrected chi connectivity index (χ1v) is 16.8. The molecule has 0 aromatic heterocycles. The maximum Gasteiger partial charge on any atom is 0.330 e. The highest BCUT2D eigenvalue weighted by Crippen LogP contribution is 2.91. The lowest BCUT2D eigenvalue weighted by molar-refractivity contribution is -0.245. The van der Waals surface area contributed by atoms with E-state index in [0.717, 1.165) is 63.4 Å². The van der Waals surface area contributed by atoms with Crippen molar-refractivity contribution in [3.8, 4) is 0 Å². The van der Waals surface area contributed by atoms with Gasteiger partial charge in [-0.05, 0) is 113 Å². The fraction of sp³-hybridized carbons (Fsp3) is 0.914. The van der Waals surface area contributed by atoms with Gasteiger partial charge in [0.1, 0.15) is 17.8 Å². The van der Waals surface area contributed by atoms with Gasteiger partial charge in [0.05, 0.1) is 18.8 Å². The molecular weight excluding hydrogens is 532 g/mol. The number of rotatable bonds is 5. The van der Waals surface area contributed by atoms with Crippen LogP contribution in [0, 0.1) is 50.7 Å². The van der Waals surface area contributed by atoms with E-state index in [1.54, 1.807) is 6.08 Å². The van der Waals surface area contributed by atoms with Gasteiger partial charge in [-0.15, -0.1) is 0 Å². The molecule has 0 bridgehead atoms. The largest absolute Gasteiger partial charge is 0.459 e. The number of aliphatic hydroxyl groups is 3. The van der Waals surface area contributed by atoms with E-state index in [1.165, 1.54) is 0 Å². The lowest BCUT2D eigenvalue weighted by atomic mass is 9.37. The van der Waals surface area contributed by atoms with Crippen LogP contribution in [0.4, 0.5) is 0 Å². The van der Waals surface area contributed by atoms with Crippen molar-refractivity contribution in [1.29, 1.82) is 0 Å². The average Bonchev–Trinajstić information content (AvgIpc) is 3.69. The lowest BCUT2D eigenvalue weighted by Gasteiger charge is -2.68. The van der Waals surface area contributed by atoms with Crippen molar-refractivity contribution >= 4 is 5.97 Å². The molecule has 0 amide bonds. The third kappa shape index (κ3) is 3.61. The summed E-state index contributed by atoms with van der Waals surface area (Å²) in [7, 11) is 0. The molecule has 0 spiro atoms. The van der Waals surface area contributed by atoms with Crippen LogP contribution in [0.5, 0.6) is 0 Å². The fourth-order valence-corrected chi connectivity index (χ4v) is 13.0. The summed E-state index contributed by atoms with van der Waals surface area (Å²) in [5, 5.41) is 33.2. The minimum atomic E-state index is -0.785. The highest BCUT2D eigenvalue weighted by atomic mass is 16.7. The Morgan fingerprint density at radius 3 is 2.38 bits per heavy atom. The van der Waals surface area contributed by atoms with E-state index in [2.05, 4.69) is 27.7 Å². The van der Waals surface area contributed by atoms with Crippen LogP contribution in [0.1, 0.15) is 106 Å². The van der Waals surface area contributed by atoms with E-state index in [0.29, 0.717) is 11.8 Å². The van der Waals surface area contributed by atoms with Crippen LogP contribution in [-0.2, 0) is 19.0 Å². The Labute approximate surface area is 251 Å². The Hall–Kier alpha value is -0.990. The van der Waals surface area contributed by atoms with Gasteiger partial charge in [-0.25, -0.2) is 4.79 Å². The van der Waals surface area contributed by atoms with Gasteiger partial charge in [0, 0.05) is 22.8 Å². The van der Waals surface area contributed by atoms with Crippen molar-refractivity contribution < 1.29 is 34.3 Å². The van der Waals surface area contributed by atoms with E-state index >= 15 is 0 Å². The second-order valence-electron chi connectivity index (χ2n) is 17.2. The summed E-state index contributed by atoms with van der Waals surface area (Å²) in [4.78, 5) is 12.6. The number of allylic oxidation sites excluding steroid dienone is 1. The van der Waals surface area contributed by atoms with Gasteiger partial charge in [-0.3, -0.25) is 0 Å². The molecule has 2 aliphatic heterocycles. The molecule has 2 unspecified atom stereocenters. The molecule has 5 aliphatic carbocycles. The molecule has 236 valence electrons. The van der Waals surface area contributed by atoms with Crippen molar-refractivity contribution in [2.45, 2.75) is 143 Å². The monoisotopic (exact) mass is 586 g/mol. The zero-order chi connectivity index (χ0) is 30.3. The number of epoxide rings is 1. The summed E-state index contributed by atoms with van der Waals surface area (Å²) in [6.45, 7) is 15.2. The lowest BCUT2D eigenvalue weighted by Crippen LogP contribution is -2.66. The molecule has 0 aromatic rings.